The molecule has 0 spiro atoms. The van der Waals surface area contributed by atoms with Crippen LogP contribution in [0.3, 0.4) is 0 Å². The fourth-order valence-corrected chi connectivity index (χ4v) is 2.21. The molecule has 1 aliphatic rings. The van der Waals surface area contributed by atoms with E-state index >= 15 is 0 Å². The van der Waals surface area contributed by atoms with E-state index in [1.807, 2.05) is 25.1 Å². The van der Waals surface area contributed by atoms with E-state index in [-0.39, 0.29) is 0 Å². The smallest absolute Gasteiger partial charge is 0.169 e. The van der Waals surface area contributed by atoms with Crippen LogP contribution in [0, 0.1) is 6.92 Å². The third kappa shape index (κ3) is 3.49. The number of anilines is 1. The molecule has 0 saturated heterocycles. The van der Waals surface area contributed by atoms with Gasteiger partial charge in [-0.05, 0) is 38.3 Å². The van der Waals surface area contributed by atoms with E-state index in [4.69, 9.17) is 4.74 Å². The summed E-state index contributed by atoms with van der Waals surface area (Å²) in [5.41, 5.74) is 1.36. The van der Waals surface area contributed by atoms with Crippen molar-refractivity contribution < 1.29 is 9.84 Å². The molecule has 0 bridgehead atoms. The molecule has 110 valence electrons. The van der Waals surface area contributed by atoms with Gasteiger partial charge in [-0.3, -0.25) is 4.98 Å². The zero-order valence-electron chi connectivity index (χ0n) is 12.0. The van der Waals surface area contributed by atoms with Crippen LogP contribution in [-0.2, 0) is 0 Å². The first-order valence-corrected chi connectivity index (χ1v) is 7.21. The number of aromatic nitrogens is 2. The fourth-order valence-electron chi connectivity index (χ4n) is 2.21. The molecular weight excluding hydrogens is 266 g/mol. The maximum absolute atomic E-state index is 10.3. The predicted molar refractivity (Wildman–Crippen MR) is 80.1 cm³/mol. The molecule has 2 aromatic heterocycles. The van der Waals surface area contributed by atoms with Crippen LogP contribution in [0.4, 0.5) is 5.82 Å². The van der Waals surface area contributed by atoms with Crippen LogP contribution < -0.4 is 10.1 Å². The van der Waals surface area contributed by atoms with Crippen LogP contribution in [-0.4, -0.2) is 21.2 Å². The third-order valence-electron chi connectivity index (χ3n) is 3.53. The summed E-state index contributed by atoms with van der Waals surface area (Å²) >= 11 is 0. The van der Waals surface area contributed by atoms with Gasteiger partial charge in [0, 0.05) is 24.0 Å². The van der Waals surface area contributed by atoms with Gasteiger partial charge in [0.2, 0.25) is 0 Å². The number of aliphatic hydroxyl groups excluding tert-OH is 1. The lowest BCUT2D eigenvalue weighted by molar-refractivity contribution is 0.119. The molecule has 0 radical (unpaired) electrons. The summed E-state index contributed by atoms with van der Waals surface area (Å²) in [7, 11) is 0. The maximum Gasteiger partial charge on any atom is 0.169 e. The van der Waals surface area contributed by atoms with E-state index in [0.29, 0.717) is 17.6 Å². The van der Waals surface area contributed by atoms with E-state index in [1.54, 1.807) is 18.3 Å². The minimum Gasteiger partial charge on any atom is -0.490 e. The first-order valence-electron chi connectivity index (χ1n) is 7.21. The van der Waals surface area contributed by atoms with Gasteiger partial charge >= 0.3 is 0 Å². The van der Waals surface area contributed by atoms with Gasteiger partial charge in [0.15, 0.2) is 6.23 Å². The molecule has 0 amide bonds. The van der Waals surface area contributed by atoms with Crippen molar-refractivity contribution in [2.45, 2.75) is 38.5 Å². The van der Waals surface area contributed by atoms with E-state index < -0.39 is 6.23 Å². The van der Waals surface area contributed by atoms with Gasteiger partial charge in [0.1, 0.15) is 11.6 Å². The molecule has 0 aliphatic heterocycles. The molecule has 21 heavy (non-hydrogen) atoms. The molecule has 5 heteroatoms. The number of rotatable bonds is 5. The Morgan fingerprint density at radius 1 is 1.33 bits per heavy atom. The molecule has 1 saturated carbocycles. The first kappa shape index (κ1) is 13.8. The maximum atomic E-state index is 10.3. The van der Waals surface area contributed by atoms with Crippen molar-refractivity contribution in [2.75, 3.05) is 5.32 Å². The summed E-state index contributed by atoms with van der Waals surface area (Å²) < 4.78 is 5.88. The van der Waals surface area contributed by atoms with E-state index in [2.05, 4.69) is 15.3 Å². The Labute approximate surface area is 124 Å². The molecule has 2 heterocycles. The molecule has 1 aliphatic carbocycles. The second kappa shape index (κ2) is 6.10. The lowest BCUT2D eigenvalue weighted by Crippen LogP contribution is -2.24. The Morgan fingerprint density at radius 3 is 2.86 bits per heavy atom. The molecular formula is C16H19N3O2. The molecule has 1 atom stereocenters. The summed E-state index contributed by atoms with van der Waals surface area (Å²) in [5.74, 6) is 1.37. The number of hydrogen-bond donors (Lipinski definition) is 2. The van der Waals surface area contributed by atoms with Crippen molar-refractivity contribution in [3.05, 3.63) is 47.9 Å². The molecule has 3 rings (SSSR count). The summed E-state index contributed by atoms with van der Waals surface area (Å²) in [4.78, 5) is 8.49. The summed E-state index contributed by atoms with van der Waals surface area (Å²) in [6.45, 7) is 1.89. The molecule has 1 unspecified atom stereocenters. The SMILES string of the molecule is Cc1cc(OC2CCC2)cc(C(O)Nc2ccccn2)n1. The van der Waals surface area contributed by atoms with Crippen LogP contribution in [0.5, 0.6) is 5.75 Å². The van der Waals surface area contributed by atoms with Crippen LogP contribution in [0.15, 0.2) is 36.5 Å². The Kier molecular flexibility index (Phi) is 4.01. The average Bonchev–Trinajstić information content (AvgIpc) is 2.43. The topological polar surface area (TPSA) is 67.3 Å². The highest BCUT2D eigenvalue weighted by molar-refractivity contribution is 5.37. The zero-order chi connectivity index (χ0) is 14.7. The second-order valence-electron chi connectivity index (χ2n) is 5.30. The number of hydrogen-bond acceptors (Lipinski definition) is 5. The predicted octanol–water partition coefficient (Wildman–Crippen LogP) is 2.82. The van der Waals surface area contributed by atoms with Gasteiger partial charge in [-0.25, -0.2) is 4.98 Å². The minimum atomic E-state index is -0.913. The van der Waals surface area contributed by atoms with Gasteiger partial charge in [-0.2, -0.15) is 0 Å². The largest absolute Gasteiger partial charge is 0.490 e. The number of nitrogens with one attached hydrogen (secondary N) is 1. The summed E-state index contributed by atoms with van der Waals surface area (Å²) in [5, 5.41) is 13.2. The van der Waals surface area contributed by atoms with E-state index in [9.17, 15) is 5.11 Å². The summed E-state index contributed by atoms with van der Waals surface area (Å²) in [6, 6.07) is 9.16. The van der Waals surface area contributed by atoms with Gasteiger partial charge < -0.3 is 15.2 Å². The quantitative estimate of drug-likeness (QED) is 0.827. The standard InChI is InChI=1S/C16H19N3O2/c1-11-9-13(21-12-5-4-6-12)10-14(18-11)16(20)19-15-7-2-3-8-17-15/h2-3,7-10,12,16,20H,4-6H2,1H3,(H,17,19). The van der Waals surface area contributed by atoms with Crippen molar-refractivity contribution in [1.29, 1.82) is 0 Å². The van der Waals surface area contributed by atoms with Gasteiger partial charge in [-0.1, -0.05) is 6.07 Å². The molecule has 2 aromatic rings. The Hall–Kier alpha value is -2.14. The van der Waals surface area contributed by atoms with Crippen LogP contribution in [0.25, 0.3) is 0 Å². The van der Waals surface area contributed by atoms with Crippen LogP contribution in [0.2, 0.25) is 0 Å². The Balaban J connectivity index is 1.73. The normalized spacial score (nSPS) is 16.1. The lowest BCUT2D eigenvalue weighted by atomic mass is 9.96. The number of aliphatic hydroxyl groups is 1. The fraction of sp³-hybridized carbons (Fsp3) is 0.375. The van der Waals surface area contributed by atoms with Crippen molar-refractivity contribution in [3.8, 4) is 5.75 Å². The van der Waals surface area contributed by atoms with Gasteiger partial charge in [0.05, 0.1) is 11.8 Å². The number of aryl methyl sites for hydroxylation is 1. The van der Waals surface area contributed by atoms with Gasteiger partial charge in [-0.15, -0.1) is 0 Å². The Morgan fingerprint density at radius 2 is 2.19 bits per heavy atom. The first-order chi connectivity index (χ1) is 10.2. The lowest BCUT2D eigenvalue weighted by Gasteiger charge is -2.27. The molecule has 1 fully saturated rings. The van der Waals surface area contributed by atoms with Crippen molar-refractivity contribution >= 4 is 5.82 Å². The van der Waals surface area contributed by atoms with Crippen molar-refractivity contribution in [1.82, 2.24) is 9.97 Å². The number of ether oxygens (including phenoxy) is 1. The van der Waals surface area contributed by atoms with Gasteiger partial charge in [0.25, 0.3) is 0 Å². The van der Waals surface area contributed by atoms with E-state index in [0.717, 1.165) is 24.3 Å². The zero-order valence-corrected chi connectivity index (χ0v) is 12.0. The highest BCUT2D eigenvalue weighted by Crippen LogP contribution is 2.27. The van der Waals surface area contributed by atoms with Crippen LogP contribution in [0.1, 0.15) is 36.9 Å². The average molecular weight is 285 g/mol. The highest BCUT2D eigenvalue weighted by Gasteiger charge is 2.20. The van der Waals surface area contributed by atoms with Crippen molar-refractivity contribution in [3.63, 3.8) is 0 Å². The van der Waals surface area contributed by atoms with Crippen LogP contribution >= 0.6 is 0 Å². The molecule has 5 nitrogen and oxygen atoms in total. The highest BCUT2D eigenvalue weighted by atomic mass is 16.5. The monoisotopic (exact) mass is 285 g/mol. The third-order valence-corrected chi connectivity index (χ3v) is 3.53. The molecule has 0 aromatic carbocycles. The number of nitrogens with zero attached hydrogens (tertiary/aromatic N) is 2. The Bertz CT molecular complexity index is 600. The minimum absolute atomic E-state index is 0.306. The molecule has 2 N–H and O–H groups in total. The number of pyridine rings is 2. The van der Waals surface area contributed by atoms with E-state index in [1.165, 1.54) is 6.42 Å². The van der Waals surface area contributed by atoms with Crippen molar-refractivity contribution in [2.24, 2.45) is 0 Å². The second-order valence-corrected chi connectivity index (χ2v) is 5.30. The summed E-state index contributed by atoms with van der Waals surface area (Å²) in [6.07, 6.45) is 4.50.